The molecular weight excluding hydrogens is 167 g/mol. The molecule has 0 heterocycles. The maximum absolute atomic E-state index is 1.56. The molecule has 0 unspecified atom stereocenters. The van der Waals surface area contributed by atoms with E-state index in [0.29, 0.717) is 0 Å². The van der Waals surface area contributed by atoms with Gasteiger partial charge >= 0.3 is 0 Å². The van der Waals surface area contributed by atoms with Gasteiger partial charge in [-0.25, -0.2) is 0 Å². The number of rotatable bonds is 0. The molecule has 0 radical (unpaired) electrons. The summed E-state index contributed by atoms with van der Waals surface area (Å²) in [5, 5.41) is 0. The molecule has 0 aromatic rings. The zero-order chi connectivity index (χ0) is 5.40. The normalized spacial score (nSPS) is 36.0. The monoisotopic (exact) mass is 182 g/mol. The molecule has 3 saturated carbocycles. The summed E-state index contributed by atoms with van der Waals surface area (Å²) in [4.78, 5) is 0. The van der Waals surface area contributed by atoms with Crippen LogP contribution in [-0.4, -0.2) is 0 Å². The molecule has 3 fully saturated rings. The first-order valence-electron chi connectivity index (χ1n) is 3.95. The van der Waals surface area contributed by atoms with Crippen molar-refractivity contribution < 1.29 is 0 Å². The van der Waals surface area contributed by atoms with Gasteiger partial charge in [0.05, 0.1) is 0 Å². The highest BCUT2D eigenvalue weighted by Gasteiger charge is 2.26. The lowest BCUT2D eigenvalue weighted by Crippen LogP contribution is -2.21. The summed E-state index contributed by atoms with van der Waals surface area (Å²) in [7, 11) is 0. The van der Waals surface area contributed by atoms with Crippen LogP contribution in [-0.2, 0) is 0 Å². The van der Waals surface area contributed by atoms with Crippen LogP contribution in [0.15, 0.2) is 0 Å². The van der Waals surface area contributed by atoms with Crippen LogP contribution < -0.4 is 0 Å². The smallest absolute Gasteiger partial charge is 0.0414 e. The Morgan fingerprint density at radius 2 is 0.700 bits per heavy atom. The Balaban J connectivity index is 0.000000405. The molecule has 62 valence electrons. The van der Waals surface area contributed by atoms with Crippen molar-refractivity contribution in [1.82, 2.24) is 0 Å². The molecule has 10 heavy (non-hydrogen) atoms. The van der Waals surface area contributed by atoms with Gasteiger partial charge < -0.3 is 0 Å². The quantitative estimate of drug-likeness (QED) is 0.539. The molecule has 0 N–H and O–H groups in total. The van der Waals surface area contributed by atoms with Crippen molar-refractivity contribution >= 4 is 24.8 Å². The summed E-state index contributed by atoms with van der Waals surface area (Å²) in [5.41, 5.74) is 0. The molecule has 0 aliphatic heterocycles. The maximum atomic E-state index is 1.56. The van der Waals surface area contributed by atoms with Gasteiger partial charge in [0.25, 0.3) is 0 Å². The molecule has 3 rings (SSSR count). The Morgan fingerprint density at radius 1 is 0.500 bits per heavy atom. The Bertz CT molecular complexity index is 62.2. The fraction of sp³-hybridized carbons (Fsp3) is 1.00. The summed E-state index contributed by atoms with van der Waals surface area (Å²) in [6.07, 6.45) is 9.36. The van der Waals surface area contributed by atoms with Gasteiger partial charge in [-0.2, -0.15) is 0 Å². The fourth-order valence-corrected chi connectivity index (χ4v) is 2.28. The molecule has 0 nitrogen and oxygen atoms in total. The minimum atomic E-state index is 0. The average molecular weight is 183 g/mol. The van der Waals surface area contributed by atoms with E-state index < -0.39 is 0 Å². The Morgan fingerprint density at radius 3 is 0.800 bits per heavy atom. The van der Waals surface area contributed by atoms with E-state index in [0.717, 1.165) is 11.8 Å². The van der Waals surface area contributed by atoms with Crippen molar-refractivity contribution in [2.45, 2.75) is 38.5 Å². The molecule has 0 aromatic carbocycles. The van der Waals surface area contributed by atoms with Crippen molar-refractivity contribution in [3.05, 3.63) is 0 Å². The molecule has 3 aliphatic rings. The summed E-state index contributed by atoms with van der Waals surface area (Å²) in [6.45, 7) is 0. The number of fused-ring (bicyclic) bond motifs is 3. The average Bonchev–Trinajstić information content (AvgIpc) is 1.92. The molecule has 2 heteroatoms. The predicted octanol–water partition coefficient (Wildman–Crippen LogP) is 3.43. The van der Waals surface area contributed by atoms with E-state index in [9.17, 15) is 0 Å². The lowest BCUT2D eigenvalue weighted by atomic mass is 9.71. The summed E-state index contributed by atoms with van der Waals surface area (Å²) >= 11 is 0. The molecule has 0 saturated heterocycles. The van der Waals surface area contributed by atoms with E-state index in [1.165, 1.54) is 0 Å². The lowest BCUT2D eigenvalue weighted by molar-refractivity contribution is 0.176. The van der Waals surface area contributed by atoms with Gasteiger partial charge in [0.2, 0.25) is 0 Å². The van der Waals surface area contributed by atoms with Crippen molar-refractivity contribution in [3.63, 3.8) is 0 Å². The molecule has 0 aromatic heterocycles. The standard InChI is InChI=1S/C8H14.2ClH/c1-2-8-5-3-7(1)4-6-8;;/h7-8H,1-6H2;2*1H. The second-order valence-electron chi connectivity index (χ2n) is 3.46. The van der Waals surface area contributed by atoms with Crippen LogP contribution in [0, 0.1) is 11.8 Å². The topological polar surface area (TPSA) is 0 Å². The summed E-state index contributed by atoms with van der Waals surface area (Å²) in [5.74, 6) is 2.31. The highest BCUT2D eigenvalue weighted by molar-refractivity contribution is 5.85. The van der Waals surface area contributed by atoms with E-state index >= 15 is 0 Å². The molecule has 0 atom stereocenters. The van der Waals surface area contributed by atoms with Gasteiger partial charge in [0, 0.05) is 0 Å². The summed E-state index contributed by atoms with van der Waals surface area (Å²) in [6, 6.07) is 0. The van der Waals surface area contributed by atoms with Gasteiger partial charge in [0.15, 0.2) is 0 Å². The van der Waals surface area contributed by atoms with Crippen LogP contribution in [0.3, 0.4) is 0 Å². The van der Waals surface area contributed by atoms with Crippen molar-refractivity contribution in [2.24, 2.45) is 11.8 Å². The third-order valence-electron chi connectivity index (χ3n) is 2.95. The zero-order valence-electron chi connectivity index (χ0n) is 6.21. The SMILES string of the molecule is C1CC2CCC1CC2.Cl.Cl. The van der Waals surface area contributed by atoms with Crippen LogP contribution >= 0.6 is 24.8 Å². The second-order valence-corrected chi connectivity index (χ2v) is 3.46. The van der Waals surface area contributed by atoms with Gasteiger partial charge in [-0.1, -0.05) is 38.5 Å². The maximum Gasteiger partial charge on any atom is -0.0414 e. The molecule has 0 spiro atoms. The first kappa shape index (κ1) is 10.6. The number of hydrogen-bond donors (Lipinski definition) is 0. The van der Waals surface area contributed by atoms with Crippen LogP contribution in [0.5, 0.6) is 0 Å². The second kappa shape index (κ2) is 4.46. The van der Waals surface area contributed by atoms with E-state index in [1.807, 2.05) is 0 Å². The zero-order valence-corrected chi connectivity index (χ0v) is 7.85. The third-order valence-corrected chi connectivity index (χ3v) is 2.95. The van der Waals surface area contributed by atoms with Crippen molar-refractivity contribution in [2.75, 3.05) is 0 Å². The molecule has 0 amide bonds. The first-order chi connectivity index (χ1) is 3.95. The van der Waals surface area contributed by atoms with E-state index in [1.54, 1.807) is 38.5 Å². The molecule has 2 bridgehead atoms. The van der Waals surface area contributed by atoms with E-state index in [4.69, 9.17) is 0 Å². The summed E-state index contributed by atoms with van der Waals surface area (Å²) < 4.78 is 0. The van der Waals surface area contributed by atoms with Crippen LogP contribution in [0.25, 0.3) is 0 Å². The van der Waals surface area contributed by atoms with Gasteiger partial charge in [0.1, 0.15) is 0 Å². The third kappa shape index (κ3) is 2.03. The first-order valence-corrected chi connectivity index (χ1v) is 3.95. The van der Waals surface area contributed by atoms with Gasteiger partial charge in [-0.05, 0) is 11.8 Å². The van der Waals surface area contributed by atoms with E-state index in [2.05, 4.69) is 0 Å². The van der Waals surface area contributed by atoms with Gasteiger partial charge in [-0.3, -0.25) is 0 Å². The van der Waals surface area contributed by atoms with Crippen LogP contribution in [0.1, 0.15) is 38.5 Å². The minimum absolute atomic E-state index is 0. The van der Waals surface area contributed by atoms with Crippen molar-refractivity contribution in [1.29, 1.82) is 0 Å². The Hall–Kier alpha value is 0.580. The minimum Gasteiger partial charge on any atom is -0.147 e. The molecule has 3 aliphatic carbocycles. The largest absolute Gasteiger partial charge is 0.147 e. The predicted molar refractivity (Wildman–Crippen MR) is 49.2 cm³/mol. The Labute approximate surface area is 75.6 Å². The number of hydrogen-bond acceptors (Lipinski definition) is 0. The highest BCUT2D eigenvalue weighted by Crippen LogP contribution is 2.40. The van der Waals surface area contributed by atoms with Crippen LogP contribution in [0.4, 0.5) is 0 Å². The molecular formula is C8H16Cl2. The van der Waals surface area contributed by atoms with E-state index in [-0.39, 0.29) is 24.8 Å². The fourth-order valence-electron chi connectivity index (χ4n) is 2.28. The lowest BCUT2D eigenvalue weighted by Gasteiger charge is -2.35. The Kier molecular flexibility index (Phi) is 4.71. The van der Waals surface area contributed by atoms with Crippen molar-refractivity contribution in [3.8, 4) is 0 Å². The number of halogens is 2. The van der Waals surface area contributed by atoms with Crippen LogP contribution in [0.2, 0.25) is 0 Å². The highest BCUT2D eigenvalue weighted by atomic mass is 35.5. The van der Waals surface area contributed by atoms with Gasteiger partial charge in [-0.15, -0.1) is 24.8 Å².